The molecule has 3 nitrogen and oxygen atoms in total. The summed E-state index contributed by atoms with van der Waals surface area (Å²) in [4.78, 5) is 15.5. The standard InChI is InChI=1S/C10H13BrN2OS/c1-7-9(11)8(2)13(10(14)12-7)5-3-4-6-15/h3-4,15H,5-6H2,1-2H3/b4-3+. The van der Waals surface area contributed by atoms with Gasteiger partial charge in [0, 0.05) is 18.0 Å². The van der Waals surface area contributed by atoms with E-state index in [1.165, 1.54) is 0 Å². The molecule has 0 radical (unpaired) electrons. The van der Waals surface area contributed by atoms with Crippen LogP contribution in [0.5, 0.6) is 0 Å². The van der Waals surface area contributed by atoms with E-state index in [0.29, 0.717) is 12.3 Å². The molecule has 0 saturated carbocycles. The molecule has 1 rings (SSSR count). The van der Waals surface area contributed by atoms with E-state index in [2.05, 4.69) is 33.5 Å². The summed E-state index contributed by atoms with van der Waals surface area (Å²) in [5.74, 6) is 0.675. The van der Waals surface area contributed by atoms with E-state index in [1.807, 2.05) is 26.0 Å². The number of halogens is 1. The maximum absolute atomic E-state index is 11.6. The second-order valence-corrected chi connectivity index (χ2v) is 4.30. The third kappa shape index (κ3) is 2.95. The van der Waals surface area contributed by atoms with Gasteiger partial charge in [0.15, 0.2) is 0 Å². The second kappa shape index (κ2) is 5.51. The van der Waals surface area contributed by atoms with Crippen LogP contribution < -0.4 is 5.69 Å². The van der Waals surface area contributed by atoms with Gasteiger partial charge >= 0.3 is 5.69 Å². The van der Waals surface area contributed by atoms with Crippen LogP contribution in [-0.2, 0) is 6.54 Å². The van der Waals surface area contributed by atoms with Crippen LogP contribution >= 0.6 is 28.6 Å². The van der Waals surface area contributed by atoms with Gasteiger partial charge in [0.2, 0.25) is 0 Å². The first kappa shape index (κ1) is 12.5. The molecule has 0 atom stereocenters. The molecule has 0 unspecified atom stereocenters. The van der Waals surface area contributed by atoms with Crippen molar-refractivity contribution in [3.63, 3.8) is 0 Å². The molecule has 0 amide bonds. The fourth-order valence-corrected chi connectivity index (χ4v) is 1.70. The zero-order valence-corrected chi connectivity index (χ0v) is 11.2. The molecule has 1 aromatic rings. The van der Waals surface area contributed by atoms with E-state index in [-0.39, 0.29) is 5.69 Å². The smallest absolute Gasteiger partial charge is 0.292 e. The van der Waals surface area contributed by atoms with Crippen LogP contribution in [0.25, 0.3) is 0 Å². The molecule has 82 valence electrons. The summed E-state index contributed by atoms with van der Waals surface area (Å²) in [6.07, 6.45) is 3.81. The Kier molecular flexibility index (Phi) is 4.60. The molecule has 0 bridgehead atoms. The third-order valence-corrected chi connectivity index (χ3v) is 3.45. The van der Waals surface area contributed by atoms with Crippen molar-refractivity contribution in [3.8, 4) is 0 Å². The molecule has 1 aromatic heterocycles. The predicted molar refractivity (Wildman–Crippen MR) is 68.7 cm³/mol. The predicted octanol–water partition coefficient (Wildman–Crippen LogP) is 2.11. The van der Waals surface area contributed by atoms with Gasteiger partial charge in [-0.2, -0.15) is 17.6 Å². The summed E-state index contributed by atoms with van der Waals surface area (Å²) in [6.45, 7) is 4.25. The summed E-state index contributed by atoms with van der Waals surface area (Å²) < 4.78 is 2.51. The van der Waals surface area contributed by atoms with Crippen LogP contribution in [0, 0.1) is 13.8 Å². The number of aromatic nitrogens is 2. The normalized spacial score (nSPS) is 11.2. The third-order valence-electron chi connectivity index (χ3n) is 2.09. The average Bonchev–Trinajstić information content (AvgIpc) is 2.20. The molecule has 0 aromatic carbocycles. The number of rotatable bonds is 3. The molecule has 15 heavy (non-hydrogen) atoms. The molecule has 1 heterocycles. The Morgan fingerprint density at radius 1 is 1.47 bits per heavy atom. The molecule has 0 aliphatic carbocycles. The lowest BCUT2D eigenvalue weighted by Crippen LogP contribution is -2.25. The van der Waals surface area contributed by atoms with Crippen molar-refractivity contribution in [1.82, 2.24) is 9.55 Å². The van der Waals surface area contributed by atoms with Crippen molar-refractivity contribution >= 4 is 28.6 Å². The highest BCUT2D eigenvalue weighted by Crippen LogP contribution is 2.16. The van der Waals surface area contributed by atoms with Gasteiger partial charge in [-0.1, -0.05) is 12.2 Å². The lowest BCUT2D eigenvalue weighted by molar-refractivity contribution is 0.701. The number of hydrogen-bond donors (Lipinski definition) is 1. The number of aryl methyl sites for hydroxylation is 1. The van der Waals surface area contributed by atoms with E-state index in [1.54, 1.807) is 4.57 Å². The first-order valence-corrected chi connectivity index (χ1v) is 6.00. The molecule has 0 N–H and O–H groups in total. The van der Waals surface area contributed by atoms with Crippen molar-refractivity contribution in [1.29, 1.82) is 0 Å². The molecule has 0 spiro atoms. The first-order valence-electron chi connectivity index (χ1n) is 4.57. The highest BCUT2D eigenvalue weighted by atomic mass is 79.9. The van der Waals surface area contributed by atoms with Crippen molar-refractivity contribution in [2.45, 2.75) is 20.4 Å². The maximum atomic E-state index is 11.6. The Morgan fingerprint density at radius 2 is 2.13 bits per heavy atom. The molecule has 0 aliphatic heterocycles. The number of thiol groups is 1. The Balaban J connectivity index is 3.13. The monoisotopic (exact) mass is 288 g/mol. The van der Waals surface area contributed by atoms with Crippen molar-refractivity contribution in [2.75, 3.05) is 5.75 Å². The number of nitrogens with zero attached hydrogens (tertiary/aromatic N) is 2. The lowest BCUT2D eigenvalue weighted by Gasteiger charge is -2.09. The highest BCUT2D eigenvalue weighted by molar-refractivity contribution is 9.10. The van der Waals surface area contributed by atoms with Gasteiger partial charge in [0.05, 0.1) is 10.2 Å². The molecule has 0 aliphatic rings. The van der Waals surface area contributed by atoms with E-state index in [4.69, 9.17) is 0 Å². The SMILES string of the molecule is Cc1nc(=O)n(C/C=C/CS)c(C)c1Br. The van der Waals surface area contributed by atoms with Crippen molar-refractivity contribution in [3.05, 3.63) is 38.5 Å². The minimum atomic E-state index is -0.211. The maximum Gasteiger partial charge on any atom is 0.348 e. The van der Waals surface area contributed by atoms with Gasteiger partial charge in [0.25, 0.3) is 0 Å². The van der Waals surface area contributed by atoms with Crippen LogP contribution in [0.3, 0.4) is 0 Å². The summed E-state index contributed by atoms with van der Waals surface area (Å²) in [7, 11) is 0. The first-order chi connectivity index (χ1) is 7.07. The van der Waals surface area contributed by atoms with Gasteiger partial charge < -0.3 is 0 Å². The molecule has 0 fully saturated rings. The summed E-state index contributed by atoms with van der Waals surface area (Å²) in [6, 6.07) is 0. The molecule has 0 saturated heterocycles. The van der Waals surface area contributed by atoms with E-state index in [0.717, 1.165) is 15.9 Å². The minimum absolute atomic E-state index is 0.211. The second-order valence-electron chi connectivity index (χ2n) is 3.14. The Labute approximate surface area is 103 Å². The Hall–Kier alpha value is -0.550. The molecule has 5 heteroatoms. The van der Waals surface area contributed by atoms with Gasteiger partial charge in [-0.3, -0.25) is 4.57 Å². The zero-order valence-electron chi connectivity index (χ0n) is 8.70. The summed E-state index contributed by atoms with van der Waals surface area (Å²) in [5, 5.41) is 0. The van der Waals surface area contributed by atoms with Gasteiger partial charge in [0.1, 0.15) is 0 Å². The highest BCUT2D eigenvalue weighted by Gasteiger charge is 2.07. The van der Waals surface area contributed by atoms with Crippen LogP contribution in [0.15, 0.2) is 21.4 Å². The van der Waals surface area contributed by atoms with E-state index >= 15 is 0 Å². The van der Waals surface area contributed by atoms with Crippen LogP contribution in [-0.4, -0.2) is 15.3 Å². The minimum Gasteiger partial charge on any atom is -0.292 e. The quantitative estimate of drug-likeness (QED) is 0.683. The number of hydrogen-bond acceptors (Lipinski definition) is 3. The number of allylic oxidation sites excluding steroid dienone is 1. The molecular formula is C10H13BrN2OS. The van der Waals surface area contributed by atoms with Crippen LogP contribution in [0.4, 0.5) is 0 Å². The Morgan fingerprint density at radius 3 is 2.73 bits per heavy atom. The van der Waals surface area contributed by atoms with Crippen molar-refractivity contribution in [2.24, 2.45) is 0 Å². The van der Waals surface area contributed by atoms with E-state index in [9.17, 15) is 4.79 Å². The largest absolute Gasteiger partial charge is 0.348 e. The van der Waals surface area contributed by atoms with Crippen molar-refractivity contribution < 1.29 is 0 Å². The fourth-order valence-electron chi connectivity index (χ4n) is 1.25. The Bertz CT molecular complexity index is 440. The van der Waals surface area contributed by atoms with Crippen LogP contribution in [0.1, 0.15) is 11.4 Å². The summed E-state index contributed by atoms with van der Waals surface area (Å²) in [5.41, 5.74) is 1.42. The topological polar surface area (TPSA) is 34.9 Å². The van der Waals surface area contributed by atoms with E-state index < -0.39 is 0 Å². The van der Waals surface area contributed by atoms with Gasteiger partial charge in [-0.05, 0) is 29.8 Å². The fraction of sp³-hybridized carbons (Fsp3) is 0.400. The van der Waals surface area contributed by atoms with Gasteiger partial charge in [-0.15, -0.1) is 0 Å². The lowest BCUT2D eigenvalue weighted by atomic mass is 10.3. The van der Waals surface area contributed by atoms with Crippen LogP contribution in [0.2, 0.25) is 0 Å². The van der Waals surface area contributed by atoms with Gasteiger partial charge in [-0.25, -0.2) is 4.79 Å². The average molecular weight is 289 g/mol. The molecular weight excluding hydrogens is 276 g/mol. The summed E-state index contributed by atoms with van der Waals surface area (Å²) >= 11 is 7.47. The zero-order chi connectivity index (χ0) is 11.4.